The van der Waals surface area contributed by atoms with Crippen LogP contribution in [-0.4, -0.2) is 34.9 Å². The van der Waals surface area contributed by atoms with E-state index in [9.17, 15) is 13.2 Å². The average molecular weight is 436 g/mol. The van der Waals surface area contributed by atoms with Gasteiger partial charge < -0.3 is 15.6 Å². The van der Waals surface area contributed by atoms with Gasteiger partial charge in [-0.15, -0.1) is 0 Å². The third kappa shape index (κ3) is 3.60. The standard InChI is InChI=1S/C21H20N6O3S/c22-19-17(21(28)24-13-7-8-13)18-20(26-16-4-2-1-3-15(16)25-18)27(19)11-12-5-9-14(10-6-12)31(23,29)30/h1-6,9-10,13H,7-8,11,22H2,(H,24,28)(H2,23,29,30). The third-order valence-electron chi connectivity index (χ3n) is 5.32. The van der Waals surface area contributed by atoms with Gasteiger partial charge in [0, 0.05) is 6.04 Å². The molecular formula is C21H20N6O3S. The number of para-hydroxylation sites is 2. The van der Waals surface area contributed by atoms with Gasteiger partial charge in [-0.05, 0) is 42.7 Å². The molecule has 1 aliphatic carbocycles. The van der Waals surface area contributed by atoms with Crippen LogP contribution in [0.5, 0.6) is 0 Å². The molecule has 0 bridgehead atoms. The number of fused-ring (bicyclic) bond motifs is 2. The molecule has 1 fully saturated rings. The molecule has 31 heavy (non-hydrogen) atoms. The molecule has 4 aromatic rings. The number of sulfonamides is 1. The number of nitrogens with two attached hydrogens (primary N) is 2. The summed E-state index contributed by atoms with van der Waals surface area (Å²) >= 11 is 0. The highest BCUT2D eigenvalue weighted by atomic mass is 32.2. The van der Waals surface area contributed by atoms with Crippen LogP contribution in [0.3, 0.4) is 0 Å². The van der Waals surface area contributed by atoms with Crippen LogP contribution in [0, 0.1) is 0 Å². The van der Waals surface area contributed by atoms with E-state index < -0.39 is 10.0 Å². The van der Waals surface area contributed by atoms with Crippen LogP contribution in [-0.2, 0) is 16.6 Å². The van der Waals surface area contributed by atoms with E-state index in [0.717, 1.165) is 18.4 Å². The first kappa shape index (κ1) is 19.5. The average Bonchev–Trinajstić information content (AvgIpc) is 3.51. The molecule has 2 aromatic heterocycles. The fraction of sp³-hybridized carbons (Fsp3) is 0.190. The number of primary sulfonamides is 1. The van der Waals surface area contributed by atoms with Crippen LogP contribution in [0.1, 0.15) is 28.8 Å². The highest BCUT2D eigenvalue weighted by Crippen LogP contribution is 2.30. The van der Waals surface area contributed by atoms with E-state index in [-0.39, 0.29) is 29.2 Å². The predicted molar refractivity (Wildman–Crippen MR) is 117 cm³/mol. The van der Waals surface area contributed by atoms with Crippen LogP contribution in [0.25, 0.3) is 22.2 Å². The van der Waals surface area contributed by atoms with Crippen molar-refractivity contribution >= 4 is 43.9 Å². The van der Waals surface area contributed by atoms with Crippen molar-refractivity contribution < 1.29 is 13.2 Å². The van der Waals surface area contributed by atoms with Crippen molar-refractivity contribution in [1.29, 1.82) is 0 Å². The highest BCUT2D eigenvalue weighted by molar-refractivity contribution is 7.89. The van der Waals surface area contributed by atoms with Gasteiger partial charge in [0.25, 0.3) is 5.91 Å². The fourth-order valence-corrected chi connectivity index (χ4v) is 4.07. The second-order valence-electron chi connectivity index (χ2n) is 7.67. The van der Waals surface area contributed by atoms with Gasteiger partial charge in [0.05, 0.1) is 22.5 Å². The van der Waals surface area contributed by atoms with Crippen molar-refractivity contribution in [3.63, 3.8) is 0 Å². The summed E-state index contributed by atoms with van der Waals surface area (Å²) in [5, 5.41) is 8.15. The van der Waals surface area contributed by atoms with Gasteiger partial charge in [-0.25, -0.2) is 23.5 Å². The monoisotopic (exact) mass is 436 g/mol. The SMILES string of the molecule is Nc1c(C(=O)NC2CC2)c2nc3ccccc3nc2n1Cc1ccc(S(N)(=O)=O)cc1. The third-order valence-corrected chi connectivity index (χ3v) is 6.25. The van der Waals surface area contributed by atoms with E-state index in [1.165, 1.54) is 12.1 Å². The fourth-order valence-electron chi connectivity index (χ4n) is 3.55. The Morgan fingerprint density at radius 3 is 2.32 bits per heavy atom. The van der Waals surface area contributed by atoms with Gasteiger partial charge in [-0.1, -0.05) is 24.3 Å². The molecule has 1 amide bonds. The molecule has 10 heteroatoms. The van der Waals surface area contributed by atoms with Crippen molar-refractivity contribution in [3.05, 3.63) is 59.7 Å². The van der Waals surface area contributed by atoms with Crippen LogP contribution in [0.15, 0.2) is 53.4 Å². The van der Waals surface area contributed by atoms with Crippen molar-refractivity contribution in [2.75, 3.05) is 5.73 Å². The van der Waals surface area contributed by atoms with Crippen molar-refractivity contribution in [3.8, 4) is 0 Å². The molecular weight excluding hydrogens is 416 g/mol. The van der Waals surface area contributed by atoms with Crippen LogP contribution < -0.4 is 16.2 Å². The van der Waals surface area contributed by atoms with E-state index >= 15 is 0 Å². The number of hydrogen-bond donors (Lipinski definition) is 3. The van der Waals surface area contributed by atoms with Gasteiger partial charge in [-0.2, -0.15) is 0 Å². The molecule has 0 aliphatic heterocycles. The summed E-state index contributed by atoms with van der Waals surface area (Å²) in [5.74, 6) is -0.00289. The van der Waals surface area contributed by atoms with Crippen LogP contribution >= 0.6 is 0 Å². The first-order valence-electron chi connectivity index (χ1n) is 9.78. The molecule has 1 saturated carbocycles. The van der Waals surface area contributed by atoms with Crippen molar-refractivity contribution in [2.24, 2.45) is 5.14 Å². The first-order chi connectivity index (χ1) is 14.8. The lowest BCUT2D eigenvalue weighted by atomic mass is 10.2. The zero-order chi connectivity index (χ0) is 21.8. The Morgan fingerprint density at radius 2 is 1.71 bits per heavy atom. The number of nitrogen functional groups attached to an aromatic ring is 1. The number of benzene rings is 2. The Labute approximate surface area is 178 Å². The zero-order valence-corrected chi connectivity index (χ0v) is 17.3. The summed E-state index contributed by atoms with van der Waals surface area (Å²) in [4.78, 5) is 22.3. The quantitative estimate of drug-likeness (QED) is 0.434. The van der Waals surface area contributed by atoms with Gasteiger partial charge in [0.1, 0.15) is 16.9 Å². The Hall–Kier alpha value is -3.50. The molecule has 5 rings (SSSR count). The number of nitrogens with one attached hydrogen (secondary N) is 1. The van der Waals surface area contributed by atoms with E-state index in [0.29, 0.717) is 27.8 Å². The smallest absolute Gasteiger partial charge is 0.257 e. The number of amides is 1. The minimum atomic E-state index is -3.78. The topological polar surface area (TPSA) is 146 Å². The Balaban J connectivity index is 1.64. The largest absolute Gasteiger partial charge is 0.384 e. The van der Waals surface area contributed by atoms with E-state index in [4.69, 9.17) is 15.9 Å². The Morgan fingerprint density at radius 1 is 1.06 bits per heavy atom. The maximum absolute atomic E-state index is 12.9. The maximum atomic E-state index is 12.9. The van der Waals surface area contributed by atoms with Crippen LogP contribution in [0.4, 0.5) is 5.82 Å². The number of anilines is 1. The second-order valence-corrected chi connectivity index (χ2v) is 9.23. The van der Waals surface area contributed by atoms with Gasteiger partial charge in [0.2, 0.25) is 10.0 Å². The number of nitrogens with zero attached hydrogens (tertiary/aromatic N) is 3. The summed E-state index contributed by atoms with van der Waals surface area (Å²) < 4.78 is 24.8. The molecule has 158 valence electrons. The minimum Gasteiger partial charge on any atom is -0.384 e. The molecule has 0 atom stereocenters. The normalized spacial score (nSPS) is 14.2. The molecule has 0 spiro atoms. The highest BCUT2D eigenvalue weighted by Gasteiger charge is 2.29. The molecule has 5 N–H and O–H groups in total. The number of carbonyl (C=O) groups excluding carboxylic acids is 1. The molecule has 1 aliphatic rings. The van der Waals surface area contributed by atoms with Crippen molar-refractivity contribution in [1.82, 2.24) is 19.9 Å². The predicted octanol–water partition coefficient (Wildman–Crippen LogP) is 1.75. The molecule has 2 aromatic carbocycles. The van der Waals surface area contributed by atoms with Gasteiger partial charge in [0.15, 0.2) is 5.65 Å². The second kappa shape index (κ2) is 7.03. The number of carbonyl (C=O) groups is 1. The van der Waals surface area contributed by atoms with E-state index in [1.54, 1.807) is 16.7 Å². The molecule has 0 saturated heterocycles. The number of hydrogen-bond acceptors (Lipinski definition) is 6. The molecule has 9 nitrogen and oxygen atoms in total. The summed E-state index contributed by atoms with van der Waals surface area (Å²) in [6, 6.07) is 13.8. The number of aromatic nitrogens is 3. The zero-order valence-electron chi connectivity index (χ0n) is 16.4. The Bertz CT molecular complexity index is 1440. The number of rotatable bonds is 5. The minimum absolute atomic E-state index is 0.0249. The summed E-state index contributed by atoms with van der Waals surface area (Å²) in [6.45, 7) is 0.289. The first-order valence-corrected chi connectivity index (χ1v) is 11.3. The summed E-state index contributed by atoms with van der Waals surface area (Å²) in [5.41, 5.74) is 9.81. The summed E-state index contributed by atoms with van der Waals surface area (Å²) in [7, 11) is -3.78. The van der Waals surface area contributed by atoms with Crippen LogP contribution in [0.2, 0.25) is 0 Å². The lowest BCUT2D eigenvalue weighted by Gasteiger charge is -2.09. The van der Waals surface area contributed by atoms with Crippen molar-refractivity contribution in [2.45, 2.75) is 30.3 Å². The van der Waals surface area contributed by atoms with Gasteiger partial charge >= 0.3 is 0 Å². The lowest BCUT2D eigenvalue weighted by Crippen LogP contribution is -2.26. The molecule has 2 heterocycles. The van der Waals surface area contributed by atoms with Gasteiger partial charge in [-0.3, -0.25) is 4.79 Å². The lowest BCUT2D eigenvalue weighted by molar-refractivity contribution is 0.0953. The molecule has 0 unspecified atom stereocenters. The van der Waals surface area contributed by atoms with E-state index in [1.807, 2.05) is 24.3 Å². The maximum Gasteiger partial charge on any atom is 0.257 e. The summed E-state index contributed by atoms with van der Waals surface area (Å²) in [6.07, 6.45) is 1.91. The molecule has 0 radical (unpaired) electrons. The van der Waals surface area contributed by atoms with E-state index in [2.05, 4.69) is 10.3 Å². The Kier molecular flexibility index (Phi) is 4.42.